The number of amides is 1. The molecule has 170 valence electrons. The number of fused-ring (bicyclic) bond motifs is 1. The van der Waals surface area contributed by atoms with Gasteiger partial charge in [0.2, 0.25) is 6.79 Å². The molecule has 8 nitrogen and oxygen atoms in total. The Bertz CT molecular complexity index is 978. The van der Waals surface area contributed by atoms with Crippen LogP contribution in [0, 0.1) is 5.82 Å². The number of hydrogen-bond donors (Lipinski definition) is 1. The zero-order valence-electron chi connectivity index (χ0n) is 17.9. The number of halogens is 1. The summed E-state index contributed by atoms with van der Waals surface area (Å²) in [5, 5.41) is 2.68. The van der Waals surface area contributed by atoms with Crippen LogP contribution in [0.2, 0.25) is 0 Å². The molecule has 0 bridgehead atoms. The molecule has 2 aliphatic heterocycles. The summed E-state index contributed by atoms with van der Waals surface area (Å²) in [7, 11) is 0. The number of para-hydroxylation sites is 1. The molecule has 1 atom stereocenters. The summed E-state index contributed by atoms with van der Waals surface area (Å²) in [4.78, 5) is 28.1. The first-order valence-corrected chi connectivity index (χ1v) is 10.6. The quantitative estimate of drug-likeness (QED) is 0.541. The van der Waals surface area contributed by atoms with Gasteiger partial charge < -0.3 is 24.4 Å². The second-order valence-corrected chi connectivity index (χ2v) is 7.53. The number of esters is 1. The Hall–Kier alpha value is -3.33. The predicted octanol–water partition coefficient (Wildman–Crippen LogP) is 2.10. The highest BCUT2D eigenvalue weighted by molar-refractivity contribution is 6.32. The Labute approximate surface area is 185 Å². The standard InChI is InChI=1S/C23H26FN3O5/c1-2-30-23(29)22(28)25-14-19(16-7-8-20-21(13-16)32-15-31-20)27-11-9-26(10-12-27)18-6-4-3-5-17(18)24/h3-8,13,19H,2,9-12,14-15H2,1H3,(H,25,28). The number of anilines is 1. The molecular formula is C23H26FN3O5. The van der Waals surface area contributed by atoms with Gasteiger partial charge in [0.05, 0.1) is 18.3 Å². The topological polar surface area (TPSA) is 80.3 Å². The third-order valence-corrected chi connectivity index (χ3v) is 5.65. The lowest BCUT2D eigenvalue weighted by Gasteiger charge is -2.40. The highest BCUT2D eigenvalue weighted by Crippen LogP contribution is 2.36. The molecule has 2 aliphatic rings. The summed E-state index contributed by atoms with van der Waals surface area (Å²) in [5.41, 5.74) is 1.51. The van der Waals surface area contributed by atoms with Crippen LogP contribution in [0.4, 0.5) is 10.1 Å². The van der Waals surface area contributed by atoms with Gasteiger partial charge >= 0.3 is 11.9 Å². The van der Waals surface area contributed by atoms with Gasteiger partial charge in [-0.05, 0) is 36.8 Å². The number of carbonyl (C=O) groups excluding carboxylic acids is 2. The smallest absolute Gasteiger partial charge is 0.396 e. The summed E-state index contributed by atoms with van der Waals surface area (Å²) in [6.07, 6.45) is 0. The van der Waals surface area contributed by atoms with Crippen molar-refractivity contribution in [2.45, 2.75) is 13.0 Å². The zero-order chi connectivity index (χ0) is 22.5. The minimum Gasteiger partial charge on any atom is -0.459 e. The number of ether oxygens (including phenoxy) is 3. The molecule has 9 heteroatoms. The average Bonchev–Trinajstić information content (AvgIpc) is 3.28. The van der Waals surface area contributed by atoms with Crippen LogP contribution in [-0.2, 0) is 14.3 Å². The van der Waals surface area contributed by atoms with Gasteiger partial charge in [-0.25, -0.2) is 9.18 Å². The van der Waals surface area contributed by atoms with E-state index in [-0.39, 0.29) is 31.8 Å². The first-order chi connectivity index (χ1) is 15.6. The number of hydrogen-bond acceptors (Lipinski definition) is 7. The van der Waals surface area contributed by atoms with Crippen molar-refractivity contribution in [1.82, 2.24) is 10.2 Å². The Kier molecular flexibility index (Phi) is 6.75. The van der Waals surface area contributed by atoms with Crippen LogP contribution in [-0.4, -0.2) is 62.9 Å². The molecule has 1 unspecified atom stereocenters. The number of piperazine rings is 1. The van der Waals surface area contributed by atoms with Gasteiger partial charge in [-0.3, -0.25) is 9.69 Å². The average molecular weight is 443 g/mol. The van der Waals surface area contributed by atoms with Crippen molar-refractivity contribution in [2.24, 2.45) is 0 Å². The highest BCUT2D eigenvalue weighted by atomic mass is 19.1. The van der Waals surface area contributed by atoms with E-state index in [2.05, 4.69) is 10.2 Å². The minimum atomic E-state index is -0.902. The fourth-order valence-corrected chi connectivity index (χ4v) is 4.02. The second kappa shape index (κ2) is 9.86. The van der Waals surface area contributed by atoms with Gasteiger partial charge in [0.1, 0.15) is 5.82 Å². The Morgan fingerprint density at radius 3 is 2.59 bits per heavy atom. The van der Waals surface area contributed by atoms with Gasteiger partial charge in [0, 0.05) is 32.7 Å². The Balaban J connectivity index is 1.48. The van der Waals surface area contributed by atoms with E-state index in [4.69, 9.17) is 14.2 Å². The minimum absolute atomic E-state index is 0.135. The van der Waals surface area contributed by atoms with E-state index >= 15 is 0 Å². The van der Waals surface area contributed by atoms with Crippen molar-refractivity contribution in [3.05, 3.63) is 53.8 Å². The van der Waals surface area contributed by atoms with E-state index in [0.29, 0.717) is 43.4 Å². The molecule has 0 saturated carbocycles. The van der Waals surface area contributed by atoms with Crippen molar-refractivity contribution in [1.29, 1.82) is 0 Å². The molecule has 2 aromatic carbocycles. The lowest BCUT2D eigenvalue weighted by molar-refractivity contribution is -0.154. The van der Waals surface area contributed by atoms with Crippen molar-refractivity contribution in [3.8, 4) is 11.5 Å². The second-order valence-electron chi connectivity index (χ2n) is 7.53. The van der Waals surface area contributed by atoms with E-state index in [1.54, 1.807) is 19.1 Å². The molecule has 32 heavy (non-hydrogen) atoms. The maximum atomic E-state index is 14.2. The van der Waals surface area contributed by atoms with Crippen LogP contribution in [0.25, 0.3) is 0 Å². The van der Waals surface area contributed by atoms with E-state index in [1.807, 2.05) is 29.2 Å². The molecular weight excluding hydrogens is 417 g/mol. The number of nitrogens with one attached hydrogen (secondary N) is 1. The third kappa shape index (κ3) is 4.77. The van der Waals surface area contributed by atoms with Crippen LogP contribution < -0.4 is 19.7 Å². The Morgan fingerprint density at radius 2 is 1.84 bits per heavy atom. The van der Waals surface area contributed by atoms with Crippen LogP contribution in [0.3, 0.4) is 0 Å². The predicted molar refractivity (Wildman–Crippen MR) is 115 cm³/mol. The van der Waals surface area contributed by atoms with Gasteiger partial charge in [0.25, 0.3) is 0 Å². The summed E-state index contributed by atoms with van der Waals surface area (Å²) in [6.45, 7) is 4.75. The van der Waals surface area contributed by atoms with E-state index < -0.39 is 11.9 Å². The summed E-state index contributed by atoms with van der Waals surface area (Å²) < 4.78 is 29.9. The number of nitrogens with zero attached hydrogens (tertiary/aromatic N) is 2. The van der Waals surface area contributed by atoms with E-state index in [9.17, 15) is 14.0 Å². The van der Waals surface area contributed by atoms with Crippen molar-refractivity contribution in [2.75, 3.05) is 51.0 Å². The molecule has 0 spiro atoms. The number of benzene rings is 2. The van der Waals surface area contributed by atoms with Crippen LogP contribution in [0.1, 0.15) is 18.5 Å². The van der Waals surface area contributed by atoms with Crippen LogP contribution >= 0.6 is 0 Å². The molecule has 4 rings (SSSR count). The van der Waals surface area contributed by atoms with Crippen molar-refractivity contribution < 1.29 is 28.2 Å². The van der Waals surface area contributed by atoms with Crippen molar-refractivity contribution in [3.63, 3.8) is 0 Å². The lowest BCUT2D eigenvalue weighted by atomic mass is 10.0. The fourth-order valence-electron chi connectivity index (χ4n) is 4.02. The molecule has 2 aromatic rings. The van der Waals surface area contributed by atoms with Crippen LogP contribution in [0.15, 0.2) is 42.5 Å². The molecule has 0 aromatic heterocycles. The summed E-state index contributed by atoms with van der Waals surface area (Å²) >= 11 is 0. The number of carbonyl (C=O) groups is 2. The molecule has 0 radical (unpaired) electrons. The largest absolute Gasteiger partial charge is 0.459 e. The van der Waals surface area contributed by atoms with Crippen molar-refractivity contribution >= 4 is 17.6 Å². The maximum absolute atomic E-state index is 14.2. The highest BCUT2D eigenvalue weighted by Gasteiger charge is 2.29. The first-order valence-electron chi connectivity index (χ1n) is 10.6. The van der Waals surface area contributed by atoms with E-state index in [0.717, 1.165) is 5.56 Å². The normalized spacial score (nSPS) is 16.5. The summed E-state index contributed by atoms with van der Waals surface area (Å²) in [5.74, 6) is -0.597. The lowest BCUT2D eigenvalue weighted by Crippen LogP contribution is -2.50. The zero-order valence-corrected chi connectivity index (χ0v) is 17.9. The molecule has 1 fully saturated rings. The molecule has 0 aliphatic carbocycles. The SMILES string of the molecule is CCOC(=O)C(=O)NCC(c1ccc2c(c1)OCO2)N1CCN(c2ccccc2F)CC1. The molecule has 1 saturated heterocycles. The van der Waals surface area contributed by atoms with Gasteiger partial charge in [-0.15, -0.1) is 0 Å². The molecule has 1 amide bonds. The summed E-state index contributed by atoms with van der Waals surface area (Å²) in [6, 6.07) is 12.2. The first kappa shape index (κ1) is 21.9. The van der Waals surface area contributed by atoms with Crippen LogP contribution in [0.5, 0.6) is 11.5 Å². The third-order valence-electron chi connectivity index (χ3n) is 5.65. The fraction of sp³-hybridized carbons (Fsp3) is 0.391. The Morgan fingerprint density at radius 1 is 1.09 bits per heavy atom. The van der Waals surface area contributed by atoms with Gasteiger partial charge in [-0.2, -0.15) is 0 Å². The van der Waals surface area contributed by atoms with Gasteiger partial charge in [0.15, 0.2) is 11.5 Å². The molecule has 1 N–H and O–H groups in total. The van der Waals surface area contributed by atoms with E-state index in [1.165, 1.54) is 6.07 Å². The molecule has 2 heterocycles. The van der Waals surface area contributed by atoms with Gasteiger partial charge in [-0.1, -0.05) is 18.2 Å². The maximum Gasteiger partial charge on any atom is 0.396 e. The number of rotatable bonds is 6. The monoisotopic (exact) mass is 443 g/mol.